The smallest absolute Gasteiger partial charge is 0.0774 e. The van der Waals surface area contributed by atoms with E-state index in [-0.39, 0.29) is 6.04 Å². The van der Waals surface area contributed by atoms with Crippen LogP contribution in [0.15, 0.2) is 33.3 Å². The molecule has 0 bridgehead atoms. The molecule has 0 fully saturated rings. The highest BCUT2D eigenvalue weighted by Crippen LogP contribution is 2.33. The number of nitrogens with one attached hydrogen (secondary N) is 1. The zero-order valence-electron chi connectivity index (χ0n) is 10.6. The van der Waals surface area contributed by atoms with Crippen molar-refractivity contribution in [2.24, 2.45) is 7.05 Å². The molecule has 0 radical (unpaired) electrons. The Morgan fingerprint density at radius 1 is 1.42 bits per heavy atom. The lowest BCUT2D eigenvalue weighted by Crippen LogP contribution is -2.25. The zero-order chi connectivity index (χ0) is 14.0. The van der Waals surface area contributed by atoms with Crippen LogP contribution >= 0.6 is 43.5 Å². The fourth-order valence-electron chi connectivity index (χ4n) is 2.04. The van der Waals surface area contributed by atoms with Crippen LogP contribution in [0.2, 0.25) is 5.02 Å². The second-order valence-corrected chi connectivity index (χ2v) is 6.34. The van der Waals surface area contributed by atoms with Crippen LogP contribution in [0.3, 0.4) is 0 Å². The van der Waals surface area contributed by atoms with Gasteiger partial charge in [-0.1, -0.05) is 34.5 Å². The van der Waals surface area contributed by atoms with Gasteiger partial charge in [0.05, 0.1) is 22.4 Å². The Hall–Kier alpha value is -0.360. The summed E-state index contributed by atoms with van der Waals surface area (Å²) in [7, 11) is 1.93. The number of hydrogen-bond donors (Lipinski definition) is 1. The van der Waals surface area contributed by atoms with Crippen molar-refractivity contribution in [3.8, 4) is 0 Å². The highest BCUT2D eigenvalue weighted by molar-refractivity contribution is 9.10. The van der Waals surface area contributed by atoms with Gasteiger partial charge in [-0.3, -0.25) is 4.68 Å². The summed E-state index contributed by atoms with van der Waals surface area (Å²) in [5, 5.41) is 8.46. The van der Waals surface area contributed by atoms with Gasteiger partial charge in [0.15, 0.2) is 0 Å². The van der Waals surface area contributed by atoms with Gasteiger partial charge >= 0.3 is 0 Å². The van der Waals surface area contributed by atoms with Gasteiger partial charge in [-0.2, -0.15) is 5.10 Å². The number of halogens is 3. The summed E-state index contributed by atoms with van der Waals surface area (Å²) in [6.07, 6.45) is 1.80. The molecule has 2 aromatic rings. The van der Waals surface area contributed by atoms with E-state index in [1.807, 2.05) is 29.9 Å². The SMILES string of the molecule is CCNC(c1cc(Br)ccc1Cl)c1c(Br)cnn1C. The van der Waals surface area contributed by atoms with E-state index in [2.05, 4.69) is 49.2 Å². The number of aromatic nitrogens is 2. The molecule has 0 aliphatic rings. The summed E-state index contributed by atoms with van der Waals surface area (Å²) in [6, 6.07) is 5.87. The molecule has 3 nitrogen and oxygen atoms in total. The zero-order valence-corrected chi connectivity index (χ0v) is 14.6. The molecule has 0 aliphatic carbocycles. The van der Waals surface area contributed by atoms with E-state index >= 15 is 0 Å². The average molecular weight is 408 g/mol. The Labute approximate surface area is 134 Å². The number of rotatable bonds is 4. The summed E-state index contributed by atoms with van der Waals surface area (Å²) in [4.78, 5) is 0. The van der Waals surface area contributed by atoms with Gasteiger partial charge in [-0.05, 0) is 46.2 Å². The first-order valence-electron chi connectivity index (χ1n) is 5.90. The van der Waals surface area contributed by atoms with Gasteiger partial charge in [0, 0.05) is 16.5 Å². The number of aryl methyl sites for hydroxylation is 1. The summed E-state index contributed by atoms with van der Waals surface area (Å²) in [5.74, 6) is 0. The molecule has 1 atom stereocenters. The molecule has 0 amide bonds. The van der Waals surface area contributed by atoms with Gasteiger partial charge < -0.3 is 5.32 Å². The van der Waals surface area contributed by atoms with Crippen molar-refractivity contribution >= 4 is 43.5 Å². The maximum absolute atomic E-state index is 6.34. The molecule has 19 heavy (non-hydrogen) atoms. The van der Waals surface area contributed by atoms with E-state index in [9.17, 15) is 0 Å². The lowest BCUT2D eigenvalue weighted by Gasteiger charge is -2.21. The highest BCUT2D eigenvalue weighted by atomic mass is 79.9. The fraction of sp³-hybridized carbons (Fsp3) is 0.308. The first kappa shape index (κ1) is 15.0. The quantitative estimate of drug-likeness (QED) is 0.819. The van der Waals surface area contributed by atoms with Crippen LogP contribution in [-0.2, 0) is 7.05 Å². The Kier molecular flexibility index (Phi) is 5.06. The Morgan fingerprint density at radius 2 is 2.16 bits per heavy atom. The van der Waals surface area contributed by atoms with Crippen LogP contribution in [-0.4, -0.2) is 16.3 Å². The Morgan fingerprint density at radius 3 is 2.74 bits per heavy atom. The maximum atomic E-state index is 6.34. The Balaban J connectivity index is 2.54. The fourth-order valence-corrected chi connectivity index (χ4v) is 3.22. The van der Waals surface area contributed by atoms with Crippen LogP contribution in [0.25, 0.3) is 0 Å². The standard InChI is InChI=1S/C13H14Br2ClN3/c1-3-17-12(13-10(15)7-18-19(13)2)9-6-8(14)4-5-11(9)16/h4-7,12,17H,3H2,1-2H3. The van der Waals surface area contributed by atoms with E-state index in [1.54, 1.807) is 6.20 Å². The van der Waals surface area contributed by atoms with E-state index in [0.717, 1.165) is 31.8 Å². The van der Waals surface area contributed by atoms with Crippen molar-refractivity contribution in [3.63, 3.8) is 0 Å². The van der Waals surface area contributed by atoms with Crippen LogP contribution in [0, 0.1) is 0 Å². The topological polar surface area (TPSA) is 29.9 Å². The van der Waals surface area contributed by atoms with Gasteiger partial charge in [0.2, 0.25) is 0 Å². The molecule has 2 rings (SSSR count). The lowest BCUT2D eigenvalue weighted by molar-refractivity contribution is 0.571. The molecule has 0 saturated heterocycles. The summed E-state index contributed by atoms with van der Waals surface area (Å²) in [5.41, 5.74) is 2.09. The molecular formula is C13H14Br2ClN3. The Bertz CT molecular complexity index is 564. The monoisotopic (exact) mass is 405 g/mol. The molecule has 0 saturated carbocycles. The van der Waals surface area contributed by atoms with Crippen LogP contribution in [0.5, 0.6) is 0 Å². The second kappa shape index (κ2) is 6.39. The molecule has 1 N–H and O–H groups in total. The molecule has 0 spiro atoms. The number of nitrogens with zero attached hydrogens (tertiary/aromatic N) is 2. The van der Waals surface area contributed by atoms with E-state index in [1.165, 1.54) is 0 Å². The molecule has 1 aromatic heterocycles. The third kappa shape index (κ3) is 3.21. The van der Waals surface area contributed by atoms with Crippen molar-refractivity contribution in [1.82, 2.24) is 15.1 Å². The first-order chi connectivity index (χ1) is 9.04. The van der Waals surface area contributed by atoms with E-state index < -0.39 is 0 Å². The predicted octanol–water partition coefficient (Wildman–Crippen LogP) is 4.30. The van der Waals surface area contributed by atoms with Crippen molar-refractivity contribution in [3.05, 3.63) is 49.6 Å². The van der Waals surface area contributed by atoms with E-state index in [0.29, 0.717) is 0 Å². The summed E-state index contributed by atoms with van der Waals surface area (Å²) >= 11 is 13.4. The van der Waals surface area contributed by atoms with Crippen molar-refractivity contribution in [2.75, 3.05) is 6.54 Å². The second-order valence-electron chi connectivity index (χ2n) is 4.16. The van der Waals surface area contributed by atoms with Crippen molar-refractivity contribution in [1.29, 1.82) is 0 Å². The van der Waals surface area contributed by atoms with Crippen LogP contribution in [0.1, 0.15) is 24.2 Å². The molecule has 1 aromatic carbocycles. The van der Waals surface area contributed by atoms with Gasteiger partial charge in [-0.25, -0.2) is 0 Å². The number of benzene rings is 1. The van der Waals surface area contributed by atoms with Crippen LogP contribution in [0.4, 0.5) is 0 Å². The third-order valence-electron chi connectivity index (χ3n) is 2.89. The molecule has 102 valence electrons. The van der Waals surface area contributed by atoms with Crippen molar-refractivity contribution in [2.45, 2.75) is 13.0 Å². The predicted molar refractivity (Wildman–Crippen MR) is 85.6 cm³/mol. The first-order valence-corrected chi connectivity index (χ1v) is 7.86. The van der Waals surface area contributed by atoms with Gasteiger partial charge in [-0.15, -0.1) is 0 Å². The van der Waals surface area contributed by atoms with Crippen LogP contribution < -0.4 is 5.32 Å². The van der Waals surface area contributed by atoms with Gasteiger partial charge in [0.1, 0.15) is 0 Å². The maximum Gasteiger partial charge on any atom is 0.0774 e. The molecule has 0 aliphatic heterocycles. The molecule has 1 heterocycles. The third-order valence-corrected chi connectivity index (χ3v) is 4.34. The normalized spacial score (nSPS) is 12.7. The lowest BCUT2D eigenvalue weighted by atomic mass is 10.0. The van der Waals surface area contributed by atoms with Crippen molar-refractivity contribution < 1.29 is 0 Å². The summed E-state index contributed by atoms with van der Waals surface area (Å²) in [6.45, 7) is 2.91. The largest absolute Gasteiger partial charge is 0.305 e. The minimum atomic E-state index is -0.00289. The van der Waals surface area contributed by atoms with E-state index in [4.69, 9.17) is 11.6 Å². The minimum Gasteiger partial charge on any atom is -0.305 e. The van der Waals surface area contributed by atoms with Gasteiger partial charge in [0.25, 0.3) is 0 Å². The molecular weight excluding hydrogens is 393 g/mol. The highest BCUT2D eigenvalue weighted by Gasteiger charge is 2.22. The minimum absolute atomic E-state index is 0.00289. The molecule has 6 heteroatoms. The average Bonchev–Trinajstić information content (AvgIpc) is 2.70. The molecule has 1 unspecified atom stereocenters. The summed E-state index contributed by atoms with van der Waals surface area (Å²) < 4.78 is 3.83. The number of hydrogen-bond acceptors (Lipinski definition) is 2.